The van der Waals surface area contributed by atoms with E-state index in [9.17, 15) is 0 Å². The van der Waals surface area contributed by atoms with Gasteiger partial charge in [-0.15, -0.1) is 0 Å². The molecule has 0 aromatic heterocycles. The molecule has 2 heteroatoms. The third kappa shape index (κ3) is 4.16. The molecular formula is C30H31NO. The summed E-state index contributed by atoms with van der Waals surface area (Å²) in [6, 6.07) is 30.7. The first-order chi connectivity index (χ1) is 15.7. The van der Waals surface area contributed by atoms with E-state index in [2.05, 4.69) is 104 Å². The molecule has 1 heterocycles. The van der Waals surface area contributed by atoms with Gasteiger partial charge < -0.3 is 10.1 Å². The van der Waals surface area contributed by atoms with Crippen LogP contribution in [0.15, 0.2) is 84.9 Å². The van der Waals surface area contributed by atoms with Gasteiger partial charge in [-0.1, -0.05) is 85.8 Å². The molecule has 0 bridgehead atoms. The number of nitrogens with one attached hydrogen (secondary N) is 1. The van der Waals surface area contributed by atoms with Crippen LogP contribution in [0.3, 0.4) is 0 Å². The zero-order valence-corrected chi connectivity index (χ0v) is 19.0. The lowest BCUT2D eigenvalue weighted by Gasteiger charge is -2.33. The number of para-hydroxylation sites is 1. The monoisotopic (exact) mass is 421 g/mol. The molecule has 2 unspecified atom stereocenters. The Morgan fingerprint density at radius 2 is 1.69 bits per heavy atom. The fourth-order valence-electron chi connectivity index (χ4n) is 5.08. The first kappa shape index (κ1) is 20.8. The van der Waals surface area contributed by atoms with E-state index in [1.165, 1.54) is 38.6 Å². The Morgan fingerprint density at radius 1 is 0.875 bits per heavy atom. The average molecular weight is 422 g/mol. The van der Waals surface area contributed by atoms with Crippen LogP contribution in [0, 0.1) is 6.92 Å². The second-order valence-electron chi connectivity index (χ2n) is 8.87. The molecular weight excluding hydrogens is 390 g/mol. The van der Waals surface area contributed by atoms with Crippen LogP contribution in [-0.2, 0) is 13.0 Å². The van der Waals surface area contributed by atoms with E-state index in [-0.39, 0.29) is 6.10 Å². The molecule has 1 aliphatic rings. The van der Waals surface area contributed by atoms with Crippen molar-refractivity contribution < 1.29 is 4.74 Å². The summed E-state index contributed by atoms with van der Waals surface area (Å²) in [5, 5.41) is 6.28. The summed E-state index contributed by atoms with van der Waals surface area (Å²) in [6.07, 6.45) is 2.22. The Balaban J connectivity index is 1.34. The first-order valence-electron chi connectivity index (χ1n) is 11.7. The van der Waals surface area contributed by atoms with Gasteiger partial charge in [0.15, 0.2) is 0 Å². The lowest BCUT2D eigenvalue weighted by molar-refractivity contribution is 0.162. The van der Waals surface area contributed by atoms with Gasteiger partial charge in [-0.3, -0.25) is 0 Å². The molecule has 5 rings (SSSR count). The molecule has 162 valence electrons. The molecule has 1 aliphatic heterocycles. The lowest BCUT2D eigenvalue weighted by Crippen LogP contribution is -2.35. The van der Waals surface area contributed by atoms with Crippen LogP contribution in [0.1, 0.15) is 47.1 Å². The average Bonchev–Trinajstić information content (AvgIpc) is 2.83. The molecule has 4 aromatic carbocycles. The summed E-state index contributed by atoms with van der Waals surface area (Å²) in [5.74, 6) is 1.40. The van der Waals surface area contributed by atoms with Gasteiger partial charge in [-0.25, -0.2) is 0 Å². The van der Waals surface area contributed by atoms with E-state index in [1.54, 1.807) is 0 Å². The standard InChI is InChI=1S/C30H31NO/c1-3-22-15-16-24(17-21(22)2)29-18-26(32-30-14-7-6-13-28(29)30)20-31-19-25-11-8-10-23-9-4-5-12-27(23)25/h4-17,26,29,31H,3,18-20H2,1-2H3. The van der Waals surface area contributed by atoms with E-state index < -0.39 is 0 Å². The number of hydrogen-bond donors (Lipinski definition) is 1. The predicted octanol–water partition coefficient (Wildman–Crippen LogP) is 6.78. The fraction of sp³-hybridized carbons (Fsp3) is 0.267. The molecule has 2 atom stereocenters. The Bertz CT molecular complexity index is 1220. The largest absolute Gasteiger partial charge is 0.489 e. The van der Waals surface area contributed by atoms with Crippen LogP contribution in [0.25, 0.3) is 10.8 Å². The highest BCUT2D eigenvalue weighted by molar-refractivity contribution is 5.85. The summed E-state index contributed by atoms with van der Waals surface area (Å²) in [5.41, 5.74) is 6.86. The number of rotatable bonds is 6. The summed E-state index contributed by atoms with van der Waals surface area (Å²) >= 11 is 0. The zero-order chi connectivity index (χ0) is 21.9. The number of hydrogen-bond acceptors (Lipinski definition) is 2. The van der Waals surface area contributed by atoms with E-state index in [4.69, 9.17) is 4.74 Å². The molecule has 1 N–H and O–H groups in total. The van der Waals surface area contributed by atoms with Gasteiger partial charge in [0.1, 0.15) is 11.9 Å². The normalized spacial score (nSPS) is 17.7. The Hall–Kier alpha value is -3.10. The molecule has 0 saturated carbocycles. The van der Waals surface area contributed by atoms with E-state index in [0.717, 1.165) is 31.7 Å². The SMILES string of the molecule is CCc1ccc(C2CC(CNCc3cccc4ccccc34)Oc3ccccc32)cc1C. The van der Waals surface area contributed by atoms with Crippen molar-refractivity contribution in [2.45, 2.75) is 45.3 Å². The Kier molecular flexibility index (Phi) is 5.96. The summed E-state index contributed by atoms with van der Waals surface area (Å²) in [6.45, 7) is 6.14. The van der Waals surface area contributed by atoms with Gasteiger partial charge in [0.2, 0.25) is 0 Å². The molecule has 0 radical (unpaired) electrons. The van der Waals surface area contributed by atoms with Gasteiger partial charge in [0.25, 0.3) is 0 Å². The van der Waals surface area contributed by atoms with Crippen LogP contribution < -0.4 is 10.1 Å². The molecule has 2 nitrogen and oxygen atoms in total. The van der Waals surface area contributed by atoms with Crippen LogP contribution in [0.2, 0.25) is 0 Å². The van der Waals surface area contributed by atoms with Crippen LogP contribution >= 0.6 is 0 Å². The highest BCUT2D eigenvalue weighted by atomic mass is 16.5. The van der Waals surface area contributed by atoms with Crippen LogP contribution in [0.4, 0.5) is 0 Å². The van der Waals surface area contributed by atoms with Crippen molar-refractivity contribution in [3.05, 3.63) is 113 Å². The second kappa shape index (κ2) is 9.18. The van der Waals surface area contributed by atoms with Gasteiger partial charge in [0, 0.05) is 24.6 Å². The number of fused-ring (bicyclic) bond motifs is 2. The van der Waals surface area contributed by atoms with E-state index in [1.807, 2.05) is 0 Å². The summed E-state index contributed by atoms with van der Waals surface area (Å²) < 4.78 is 6.42. The molecule has 0 saturated heterocycles. The van der Waals surface area contributed by atoms with Gasteiger partial charge >= 0.3 is 0 Å². The summed E-state index contributed by atoms with van der Waals surface area (Å²) in [4.78, 5) is 0. The van der Waals surface area contributed by atoms with Gasteiger partial charge in [-0.05, 0) is 58.9 Å². The maximum atomic E-state index is 6.42. The van der Waals surface area contributed by atoms with Crippen molar-refractivity contribution in [1.82, 2.24) is 5.32 Å². The van der Waals surface area contributed by atoms with Crippen LogP contribution in [0.5, 0.6) is 5.75 Å². The molecule has 4 aromatic rings. The zero-order valence-electron chi connectivity index (χ0n) is 19.0. The molecule has 0 fully saturated rings. The van der Waals surface area contributed by atoms with Crippen molar-refractivity contribution in [2.24, 2.45) is 0 Å². The van der Waals surface area contributed by atoms with Crippen molar-refractivity contribution in [2.75, 3.05) is 6.54 Å². The fourth-order valence-corrected chi connectivity index (χ4v) is 5.08. The smallest absolute Gasteiger partial charge is 0.123 e. The minimum absolute atomic E-state index is 0.149. The maximum Gasteiger partial charge on any atom is 0.123 e. The molecule has 0 amide bonds. The highest BCUT2D eigenvalue weighted by Gasteiger charge is 2.29. The number of aryl methyl sites for hydroxylation is 2. The number of benzene rings is 4. The minimum atomic E-state index is 0.149. The van der Waals surface area contributed by atoms with Crippen molar-refractivity contribution in [3.63, 3.8) is 0 Å². The van der Waals surface area contributed by atoms with E-state index in [0.29, 0.717) is 5.92 Å². The minimum Gasteiger partial charge on any atom is -0.489 e. The predicted molar refractivity (Wildman–Crippen MR) is 134 cm³/mol. The summed E-state index contributed by atoms with van der Waals surface area (Å²) in [7, 11) is 0. The molecule has 0 aliphatic carbocycles. The van der Waals surface area contributed by atoms with Gasteiger partial charge in [0.05, 0.1) is 0 Å². The van der Waals surface area contributed by atoms with Crippen molar-refractivity contribution >= 4 is 10.8 Å². The Morgan fingerprint density at radius 3 is 2.56 bits per heavy atom. The lowest BCUT2D eigenvalue weighted by atomic mass is 9.83. The van der Waals surface area contributed by atoms with Crippen molar-refractivity contribution in [1.29, 1.82) is 0 Å². The third-order valence-corrected chi connectivity index (χ3v) is 6.80. The quantitative estimate of drug-likeness (QED) is 0.370. The van der Waals surface area contributed by atoms with E-state index >= 15 is 0 Å². The topological polar surface area (TPSA) is 21.3 Å². The molecule has 32 heavy (non-hydrogen) atoms. The number of ether oxygens (including phenoxy) is 1. The van der Waals surface area contributed by atoms with Crippen LogP contribution in [-0.4, -0.2) is 12.6 Å². The van der Waals surface area contributed by atoms with Crippen molar-refractivity contribution in [3.8, 4) is 5.75 Å². The first-order valence-corrected chi connectivity index (χ1v) is 11.7. The highest BCUT2D eigenvalue weighted by Crippen LogP contribution is 2.40. The third-order valence-electron chi connectivity index (χ3n) is 6.80. The Labute approximate surface area is 191 Å². The molecule has 0 spiro atoms. The second-order valence-corrected chi connectivity index (χ2v) is 8.87. The maximum absolute atomic E-state index is 6.42. The van der Waals surface area contributed by atoms with Gasteiger partial charge in [-0.2, -0.15) is 0 Å².